The van der Waals surface area contributed by atoms with E-state index in [1.807, 2.05) is 0 Å². The van der Waals surface area contributed by atoms with Crippen molar-refractivity contribution in [3.8, 4) is 0 Å². The molecule has 0 aromatic heterocycles. The molecular weight excluding hydrogens is 246 g/mol. The van der Waals surface area contributed by atoms with Gasteiger partial charge in [0.2, 0.25) is 5.91 Å². The lowest BCUT2D eigenvalue weighted by Crippen LogP contribution is -2.37. The molecule has 1 aliphatic rings. The van der Waals surface area contributed by atoms with Crippen molar-refractivity contribution in [2.24, 2.45) is 0 Å². The van der Waals surface area contributed by atoms with Crippen molar-refractivity contribution < 1.29 is 4.79 Å². The Balaban J connectivity index is 2.57. The van der Waals surface area contributed by atoms with Crippen LogP contribution in [0.5, 0.6) is 0 Å². The zero-order valence-electron chi connectivity index (χ0n) is 13.3. The van der Waals surface area contributed by atoms with Gasteiger partial charge in [-0.1, -0.05) is 63.8 Å². The molecule has 0 spiro atoms. The number of unbranched alkanes of at least 4 members (excludes halogenated alkanes) is 3. The molecule has 1 fully saturated rings. The largest absolute Gasteiger partial charge is 0.333 e. The summed E-state index contributed by atoms with van der Waals surface area (Å²) >= 11 is 0. The maximum Gasteiger partial charge on any atom is 0.223 e. The van der Waals surface area contributed by atoms with Gasteiger partial charge in [0.25, 0.3) is 0 Å². The van der Waals surface area contributed by atoms with E-state index in [0.717, 1.165) is 38.6 Å². The predicted molar refractivity (Wildman–Crippen MR) is 86.7 cm³/mol. The zero-order valence-corrected chi connectivity index (χ0v) is 13.3. The van der Waals surface area contributed by atoms with Crippen LogP contribution in [-0.2, 0) is 4.79 Å². The summed E-state index contributed by atoms with van der Waals surface area (Å²) in [4.78, 5) is 14.3. The highest BCUT2D eigenvalue weighted by Gasteiger charge is 2.22. The van der Waals surface area contributed by atoms with E-state index in [4.69, 9.17) is 0 Å². The van der Waals surface area contributed by atoms with Gasteiger partial charge in [-0.15, -0.1) is 0 Å². The van der Waals surface area contributed by atoms with Crippen LogP contribution in [-0.4, -0.2) is 23.4 Å². The first kappa shape index (κ1) is 17.0. The molecule has 1 atom stereocenters. The Morgan fingerprint density at radius 1 is 1.10 bits per heavy atom. The number of hydrogen-bond acceptors (Lipinski definition) is 1. The Labute approximate surface area is 124 Å². The molecule has 2 heteroatoms. The van der Waals surface area contributed by atoms with Gasteiger partial charge in [0.1, 0.15) is 0 Å². The minimum absolute atomic E-state index is 0.312. The zero-order chi connectivity index (χ0) is 14.6. The van der Waals surface area contributed by atoms with Crippen molar-refractivity contribution in [3.05, 3.63) is 24.3 Å². The van der Waals surface area contributed by atoms with Gasteiger partial charge in [0.15, 0.2) is 0 Å². The fraction of sp³-hybridized carbons (Fsp3) is 0.722. The fourth-order valence-electron chi connectivity index (χ4n) is 2.60. The van der Waals surface area contributed by atoms with E-state index in [-0.39, 0.29) is 0 Å². The number of nitrogens with zero attached hydrogens (tertiary/aromatic N) is 1. The van der Waals surface area contributed by atoms with E-state index in [1.165, 1.54) is 25.7 Å². The number of carbonyl (C=O) groups excluding carboxylic acids is 1. The lowest BCUT2D eigenvalue weighted by molar-refractivity contribution is -0.131. The minimum atomic E-state index is 0.312. The Hall–Kier alpha value is -1.05. The van der Waals surface area contributed by atoms with Gasteiger partial charge in [0, 0.05) is 13.0 Å². The molecule has 2 nitrogen and oxygen atoms in total. The third-order valence-electron chi connectivity index (χ3n) is 3.87. The van der Waals surface area contributed by atoms with Gasteiger partial charge in [-0.3, -0.25) is 4.79 Å². The van der Waals surface area contributed by atoms with E-state index in [0.29, 0.717) is 11.9 Å². The number of amides is 1. The average molecular weight is 277 g/mol. The molecule has 0 unspecified atom stereocenters. The third kappa shape index (κ3) is 6.40. The van der Waals surface area contributed by atoms with Crippen molar-refractivity contribution in [3.63, 3.8) is 0 Å². The summed E-state index contributed by atoms with van der Waals surface area (Å²) in [6.45, 7) is 5.18. The summed E-state index contributed by atoms with van der Waals surface area (Å²) in [7, 11) is 0. The van der Waals surface area contributed by atoms with Gasteiger partial charge >= 0.3 is 0 Å². The molecule has 0 aliphatic carbocycles. The first-order valence-electron chi connectivity index (χ1n) is 8.40. The summed E-state index contributed by atoms with van der Waals surface area (Å²) in [6.07, 6.45) is 18.9. The second-order valence-electron chi connectivity index (χ2n) is 5.69. The molecule has 0 N–H and O–H groups in total. The second-order valence-corrected chi connectivity index (χ2v) is 5.69. The molecule has 1 saturated heterocycles. The lowest BCUT2D eigenvalue weighted by atomic mass is 10.1. The number of rotatable bonds is 8. The summed E-state index contributed by atoms with van der Waals surface area (Å²) in [5, 5.41) is 0. The van der Waals surface area contributed by atoms with Gasteiger partial charge in [-0.05, 0) is 25.7 Å². The smallest absolute Gasteiger partial charge is 0.223 e. The van der Waals surface area contributed by atoms with Crippen LogP contribution in [0.4, 0.5) is 0 Å². The Bertz CT molecular complexity index is 319. The summed E-state index contributed by atoms with van der Waals surface area (Å²) in [5.41, 5.74) is 0. The van der Waals surface area contributed by atoms with Crippen LogP contribution in [0.15, 0.2) is 24.3 Å². The van der Waals surface area contributed by atoms with E-state index in [2.05, 4.69) is 43.1 Å². The van der Waals surface area contributed by atoms with Gasteiger partial charge in [-0.2, -0.15) is 0 Å². The molecule has 1 rings (SSSR count). The maximum atomic E-state index is 12.2. The number of allylic oxidation sites excluding steroid dienone is 2. The highest BCUT2D eigenvalue weighted by atomic mass is 16.2. The van der Waals surface area contributed by atoms with Crippen LogP contribution in [0.25, 0.3) is 0 Å². The van der Waals surface area contributed by atoms with Crippen LogP contribution in [0.3, 0.4) is 0 Å². The van der Waals surface area contributed by atoms with Crippen molar-refractivity contribution in [2.45, 2.75) is 77.7 Å². The molecular formula is C18H31NO. The SMILES string of the molecule is CCCC=C[C@H]1CCCCC(=O)N1CC=CCCCC. The van der Waals surface area contributed by atoms with Crippen LogP contribution in [0, 0.1) is 0 Å². The highest BCUT2D eigenvalue weighted by molar-refractivity contribution is 5.77. The molecule has 1 heterocycles. The van der Waals surface area contributed by atoms with Crippen molar-refractivity contribution in [1.82, 2.24) is 4.90 Å². The Morgan fingerprint density at radius 3 is 2.70 bits per heavy atom. The van der Waals surface area contributed by atoms with Crippen LogP contribution in [0.1, 0.15) is 71.6 Å². The second kappa shape index (κ2) is 10.7. The van der Waals surface area contributed by atoms with E-state index in [1.54, 1.807) is 0 Å². The molecule has 20 heavy (non-hydrogen) atoms. The number of carbonyl (C=O) groups is 1. The third-order valence-corrected chi connectivity index (χ3v) is 3.87. The van der Waals surface area contributed by atoms with Crippen LogP contribution in [0.2, 0.25) is 0 Å². The average Bonchev–Trinajstić information content (AvgIpc) is 2.62. The van der Waals surface area contributed by atoms with E-state index >= 15 is 0 Å². The quantitative estimate of drug-likeness (QED) is 0.458. The number of hydrogen-bond donors (Lipinski definition) is 0. The van der Waals surface area contributed by atoms with Crippen molar-refractivity contribution in [1.29, 1.82) is 0 Å². The Kier molecular flexibility index (Phi) is 9.10. The molecule has 0 saturated carbocycles. The van der Waals surface area contributed by atoms with Crippen molar-refractivity contribution >= 4 is 5.91 Å². The van der Waals surface area contributed by atoms with Gasteiger partial charge < -0.3 is 4.90 Å². The predicted octanol–water partition coefficient (Wildman–Crippen LogP) is 4.86. The van der Waals surface area contributed by atoms with Crippen molar-refractivity contribution in [2.75, 3.05) is 6.54 Å². The molecule has 0 bridgehead atoms. The van der Waals surface area contributed by atoms with E-state index < -0.39 is 0 Å². The fourth-order valence-corrected chi connectivity index (χ4v) is 2.60. The molecule has 1 aliphatic heterocycles. The minimum Gasteiger partial charge on any atom is -0.333 e. The monoisotopic (exact) mass is 277 g/mol. The topological polar surface area (TPSA) is 20.3 Å². The summed E-state index contributed by atoms with van der Waals surface area (Å²) in [5.74, 6) is 0.328. The first-order valence-corrected chi connectivity index (χ1v) is 8.40. The maximum absolute atomic E-state index is 12.2. The summed E-state index contributed by atoms with van der Waals surface area (Å²) in [6, 6.07) is 0.312. The van der Waals surface area contributed by atoms with Gasteiger partial charge in [0.05, 0.1) is 6.04 Å². The normalized spacial score (nSPS) is 21.0. The van der Waals surface area contributed by atoms with Crippen LogP contribution >= 0.6 is 0 Å². The lowest BCUT2D eigenvalue weighted by Gasteiger charge is -2.27. The highest BCUT2D eigenvalue weighted by Crippen LogP contribution is 2.19. The molecule has 0 aromatic carbocycles. The molecule has 0 radical (unpaired) electrons. The van der Waals surface area contributed by atoms with Gasteiger partial charge in [-0.25, -0.2) is 0 Å². The molecule has 0 aromatic rings. The standard InChI is InChI=1S/C18H31NO/c1-3-5-7-8-12-16-19-17(13-9-6-4-2)14-10-11-15-18(19)20/h8-9,12-13,17H,3-7,10-11,14-16H2,1-2H3/t17-/m0/s1. The Morgan fingerprint density at radius 2 is 1.95 bits per heavy atom. The summed E-state index contributed by atoms with van der Waals surface area (Å²) < 4.78 is 0. The number of likely N-dealkylation sites (tertiary alicyclic amines) is 1. The van der Waals surface area contributed by atoms with E-state index in [9.17, 15) is 4.79 Å². The first-order chi connectivity index (χ1) is 9.79. The molecule has 114 valence electrons. The molecule has 1 amide bonds. The van der Waals surface area contributed by atoms with Crippen LogP contribution < -0.4 is 0 Å².